The zero-order chi connectivity index (χ0) is 20.3. The minimum Gasteiger partial charge on any atom is -0.494 e. The van der Waals surface area contributed by atoms with Crippen molar-refractivity contribution < 1.29 is 4.74 Å². The lowest BCUT2D eigenvalue weighted by atomic mass is 9.96. The van der Waals surface area contributed by atoms with Gasteiger partial charge in [-0.1, -0.05) is 78.1 Å². The first-order valence-electron chi connectivity index (χ1n) is 10.4. The molecule has 5 rings (SSSR count). The van der Waals surface area contributed by atoms with E-state index >= 15 is 0 Å². The number of methoxy groups -OCH3 is 1. The number of anilines is 1. The summed E-state index contributed by atoms with van der Waals surface area (Å²) in [5.41, 5.74) is 3.66. The molecule has 0 saturated carbocycles. The molecule has 152 valence electrons. The fraction of sp³-hybridized carbons (Fsp3) is 0.240. The molecule has 2 heterocycles. The largest absolute Gasteiger partial charge is 0.494 e. The summed E-state index contributed by atoms with van der Waals surface area (Å²) < 4.78 is 6.67. The lowest BCUT2D eigenvalue weighted by Crippen LogP contribution is -2.47. The molecule has 0 unspecified atom stereocenters. The molecule has 1 saturated heterocycles. The predicted octanol–water partition coefficient (Wildman–Crippen LogP) is 5.22. The van der Waals surface area contributed by atoms with Gasteiger partial charge in [0.05, 0.1) is 17.9 Å². The summed E-state index contributed by atoms with van der Waals surface area (Å²) in [7, 11) is 1.71. The van der Waals surface area contributed by atoms with Gasteiger partial charge in [0.25, 0.3) is 0 Å². The number of piperazine rings is 1. The van der Waals surface area contributed by atoms with E-state index in [2.05, 4.69) is 76.5 Å². The predicted molar refractivity (Wildman–Crippen MR) is 125 cm³/mol. The van der Waals surface area contributed by atoms with E-state index in [4.69, 9.17) is 9.72 Å². The summed E-state index contributed by atoms with van der Waals surface area (Å²) >= 11 is 1.75. The molecule has 1 fully saturated rings. The van der Waals surface area contributed by atoms with Crippen molar-refractivity contribution in [3.8, 4) is 5.75 Å². The molecule has 0 amide bonds. The molecule has 0 aliphatic carbocycles. The van der Waals surface area contributed by atoms with Crippen LogP contribution in [0.1, 0.15) is 17.2 Å². The quantitative estimate of drug-likeness (QED) is 0.447. The number of ether oxygens (including phenoxy) is 1. The van der Waals surface area contributed by atoms with Gasteiger partial charge in [-0.3, -0.25) is 4.90 Å². The monoisotopic (exact) mass is 415 g/mol. The summed E-state index contributed by atoms with van der Waals surface area (Å²) in [5, 5.41) is 1.09. The van der Waals surface area contributed by atoms with Crippen molar-refractivity contribution >= 4 is 26.7 Å². The van der Waals surface area contributed by atoms with Crippen molar-refractivity contribution in [1.29, 1.82) is 0 Å². The van der Waals surface area contributed by atoms with Gasteiger partial charge in [0.1, 0.15) is 11.3 Å². The van der Waals surface area contributed by atoms with Crippen molar-refractivity contribution in [3.63, 3.8) is 0 Å². The molecule has 0 spiro atoms. The molecule has 0 N–H and O–H groups in total. The molecule has 0 radical (unpaired) electrons. The number of benzene rings is 3. The van der Waals surface area contributed by atoms with Gasteiger partial charge in [0.2, 0.25) is 0 Å². The molecule has 5 heteroatoms. The van der Waals surface area contributed by atoms with Crippen LogP contribution in [0.4, 0.5) is 5.13 Å². The second-order valence-electron chi connectivity index (χ2n) is 7.55. The molecule has 0 bridgehead atoms. The number of aromatic nitrogens is 1. The number of fused-ring (bicyclic) bond motifs is 1. The fourth-order valence-electron chi connectivity index (χ4n) is 4.27. The van der Waals surface area contributed by atoms with E-state index < -0.39 is 0 Å². The van der Waals surface area contributed by atoms with E-state index in [1.54, 1.807) is 18.4 Å². The maximum absolute atomic E-state index is 5.49. The number of hydrogen-bond acceptors (Lipinski definition) is 5. The highest BCUT2D eigenvalue weighted by molar-refractivity contribution is 7.22. The van der Waals surface area contributed by atoms with E-state index in [-0.39, 0.29) is 6.04 Å². The SMILES string of the molecule is COc1cccc2sc(N3CCN(C(c4ccccc4)c4ccccc4)CC3)nc12. The van der Waals surface area contributed by atoms with Crippen LogP contribution < -0.4 is 9.64 Å². The third-order valence-electron chi connectivity index (χ3n) is 5.77. The van der Waals surface area contributed by atoms with Crippen molar-refractivity contribution in [2.45, 2.75) is 6.04 Å². The van der Waals surface area contributed by atoms with E-state index in [0.29, 0.717) is 0 Å². The molecule has 1 aromatic heterocycles. The summed E-state index contributed by atoms with van der Waals surface area (Å²) in [6.07, 6.45) is 0. The number of thiazole rings is 1. The third kappa shape index (κ3) is 3.66. The Bertz CT molecular complexity index is 1070. The minimum absolute atomic E-state index is 0.282. The standard InChI is InChI=1S/C25H25N3OS/c1-29-21-13-8-14-22-23(21)26-25(30-22)28-17-15-27(16-18-28)24(19-9-4-2-5-10-19)20-11-6-3-7-12-20/h2-14,24H,15-18H2,1H3. The Morgan fingerprint density at radius 2 is 1.43 bits per heavy atom. The van der Waals surface area contributed by atoms with Gasteiger partial charge in [0.15, 0.2) is 5.13 Å². The Balaban J connectivity index is 1.38. The summed E-state index contributed by atoms with van der Waals surface area (Å²) in [4.78, 5) is 9.90. The van der Waals surface area contributed by atoms with E-state index in [0.717, 1.165) is 42.6 Å². The number of para-hydroxylation sites is 1. The molecule has 1 aliphatic heterocycles. The average Bonchev–Trinajstić information content (AvgIpc) is 3.26. The summed E-state index contributed by atoms with van der Waals surface area (Å²) in [6, 6.07) is 28.1. The molecular formula is C25H25N3OS. The summed E-state index contributed by atoms with van der Waals surface area (Å²) in [5.74, 6) is 0.849. The Morgan fingerprint density at radius 3 is 2.03 bits per heavy atom. The van der Waals surface area contributed by atoms with Crippen molar-refractivity contribution in [3.05, 3.63) is 90.0 Å². The second-order valence-corrected chi connectivity index (χ2v) is 8.56. The average molecular weight is 416 g/mol. The molecule has 3 aromatic carbocycles. The van der Waals surface area contributed by atoms with Crippen LogP contribution in [-0.4, -0.2) is 43.2 Å². The van der Waals surface area contributed by atoms with E-state index in [1.807, 2.05) is 12.1 Å². The first-order chi connectivity index (χ1) is 14.8. The molecule has 4 nitrogen and oxygen atoms in total. The van der Waals surface area contributed by atoms with Crippen molar-refractivity contribution in [2.24, 2.45) is 0 Å². The van der Waals surface area contributed by atoms with Gasteiger partial charge in [-0.25, -0.2) is 4.98 Å². The lowest BCUT2D eigenvalue weighted by Gasteiger charge is -2.39. The van der Waals surface area contributed by atoms with Crippen molar-refractivity contribution in [1.82, 2.24) is 9.88 Å². The van der Waals surface area contributed by atoms with E-state index in [9.17, 15) is 0 Å². The van der Waals surface area contributed by atoms with Crippen LogP contribution in [0.25, 0.3) is 10.2 Å². The third-order valence-corrected chi connectivity index (χ3v) is 6.85. The first kappa shape index (κ1) is 19.1. The highest BCUT2D eigenvalue weighted by Crippen LogP contribution is 2.35. The zero-order valence-electron chi connectivity index (χ0n) is 17.1. The maximum Gasteiger partial charge on any atom is 0.186 e. The Morgan fingerprint density at radius 1 is 0.800 bits per heavy atom. The fourth-order valence-corrected chi connectivity index (χ4v) is 5.30. The lowest BCUT2D eigenvalue weighted by molar-refractivity contribution is 0.212. The smallest absolute Gasteiger partial charge is 0.186 e. The Kier molecular flexibility index (Phi) is 5.39. The van der Waals surface area contributed by atoms with E-state index in [1.165, 1.54) is 15.8 Å². The molecule has 4 aromatic rings. The Labute approximate surface area is 181 Å². The molecule has 30 heavy (non-hydrogen) atoms. The van der Waals surface area contributed by atoms with Crippen LogP contribution in [0.15, 0.2) is 78.9 Å². The van der Waals surface area contributed by atoms with Gasteiger partial charge < -0.3 is 9.64 Å². The number of nitrogens with zero attached hydrogens (tertiary/aromatic N) is 3. The summed E-state index contributed by atoms with van der Waals surface area (Å²) in [6.45, 7) is 3.94. The molecule has 0 atom stereocenters. The van der Waals surface area contributed by atoms with Crippen molar-refractivity contribution in [2.75, 3.05) is 38.2 Å². The van der Waals surface area contributed by atoms with Gasteiger partial charge in [0, 0.05) is 26.2 Å². The minimum atomic E-state index is 0.282. The number of rotatable bonds is 5. The molecular weight excluding hydrogens is 390 g/mol. The van der Waals surface area contributed by atoms with Gasteiger partial charge in [-0.05, 0) is 23.3 Å². The van der Waals surface area contributed by atoms with Crippen LogP contribution >= 0.6 is 11.3 Å². The zero-order valence-corrected chi connectivity index (χ0v) is 17.9. The maximum atomic E-state index is 5.49. The highest BCUT2D eigenvalue weighted by atomic mass is 32.1. The Hall–Kier alpha value is -2.89. The van der Waals surface area contributed by atoms with Gasteiger partial charge in [-0.15, -0.1) is 0 Å². The van der Waals surface area contributed by atoms with Crippen LogP contribution in [0.2, 0.25) is 0 Å². The normalized spacial score (nSPS) is 15.1. The van der Waals surface area contributed by atoms with Crippen LogP contribution in [0.5, 0.6) is 5.75 Å². The highest BCUT2D eigenvalue weighted by Gasteiger charge is 2.27. The van der Waals surface area contributed by atoms with Gasteiger partial charge in [-0.2, -0.15) is 0 Å². The van der Waals surface area contributed by atoms with Crippen LogP contribution in [-0.2, 0) is 0 Å². The first-order valence-corrected chi connectivity index (χ1v) is 11.2. The van der Waals surface area contributed by atoms with Gasteiger partial charge >= 0.3 is 0 Å². The number of hydrogen-bond donors (Lipinski definition) is 0. The van der Waals surface area contributed by atoms with Crippen LogP contribution in [0, 0.1) is 0 Å². The van der Waals surface area contributed by atoms with Crippen LogP contribution in [0.3, 0.4) is 0 Å². The topological polar surface area (TPSA) is 28.6 Å². The molecule has 1 aliphatic rings. The second kappa shape index (κ2) is 8.46.